The third-order valence-electron chi connectivity index (χ3n) is 2.92. The summed E-state index contributed by atoms with van der Waals surface area (Å²) in [6.45, 7) is 6.23. The standard InChI is InChI=1S/C13H17N3O2S/c1-4-16-11(3)13(9-14-16)19(17,18)15-12-7-5-6-10(2)8-12/h5-9,15H,4H2,1-3H3. The first-order valence-corrected chi connectivity index (χ1v) is 7.54. The molecule has 0 saturated carbocycles. The van der Waals surface area contributed by atoms with E-state index in [9.17, 15) is 8.42 Å². The Balaban J connectivity index is 2.35. The quantitative estimate of drug-likeness (QED) is 0.934. The first-order chi connectivity index (χ1) is 8.94. The molecule has 102 valence electrons. The van der Waals surface area contributed by atoms with E-state index in [0.29, 0.717) is 17.9 Å². The van der Waals surface area contributed by atoms with Crippen LogP contribution in [-0.4, -0.2) is 18.2 Å². The molecule has 5 nitrogen and oxygen atoms in total. The summed E-state index contributed by atoms with van der Waals surface area (Å²) in [7, 11) is -3.58. The van der Waals surface area contributed by atoms with Crippen molar-refractivity contribution in [1.82, 2.24) is 9.78 Å². The Morgan fingerprint density at radius 2 is 2.05 bits per heavy atom. The summed E-state index contributed by atoms with van der Waals surface area (Å²) in [5.41, 5.74) is 2.20. The lowest BCUT2D eigenvalue weighted by molar-refractivity contribution is 0.598. The molecule has 0 radical (unpaired) electrons. The molecule has 0 aliphatic rings. The van der Waals surface area contributed by atoms with E-state index in [1.165, 1.54) is 6.20 Å². The van der Waals surface area contributed by atoms with Crippen molar-refractivity contribution < 1.29 is 8.42 Å². The molecule has 2 aromatic rings. The van der Waals surface area contributed by atoms with Crippen molar-refractivity contribution in [1.29, 1.82) is 0 Å². The molecule has 19 heavy (non-hydrogen) atoms. The predicted octanol–water partition coefficient (Wildman–Crippen LogP) is 2.32. The minimum Gasteiger partial charge on any atom is -0.280 e. The summed E-state index contributed by atoms with van der Waals surface area (Å²) in [6, 6.07) is 7.24. The van der Waals surface area contributed by atoms with Crippen molar-refractivity contribution in [3.63, 3.8) is 0 Å². The minimum absolute atomic E-state index is 0.218. The Bertz CT molecular complexity index is 690. The highest BCUT2D eigenvalue weighted by atomic mass is 32.2. The Labute approximate surface area is 113 Å². The largest absolute Gasteiger partial charge is 0.280 e. The molecule has 6 heteroatoms. The maximum Gasteiger partial charge on any atom is 0.265 e. The van der Waals surface area contributed by atoms with Crippen LogP contribution < -0.4 is 4.72 Å². The highest BCUT2D eigenvalue weighted by molar-refractivity contribution is 7.92. The molecule has 0 spiro atoms. The Morgan fingerprint density at radius 3 is 2.63 bits per heavy atom. The van der Waals surface area contributed by atoms with Crippen molar-refractivity contribution in [2.45, 2.75) is 32.2 Å². The fourth-order valence-corrected chi connectivity index (χ4v) is 3.16. The molecule has 1 N–H and O–H groups in total. The maximum atomic E-state index is 12.3. The van der Waals surface area contributed by atoms with E-state index in [1.54, 1.807) is 23.7 Å². The van der Waals surface area contributed by atoms with Gasteiger partial charge in [-0.1, -0.05) is 12.1 Å². The van der Waals surface area contributed by atoms with Crippen LogP contribution in [0.4, 0.5) is 5.69 Å². The van der Waals surface area contributed by atoms with E-state index in [-0.39, 0.29) is 4.90 Å². The monoisotopic (exact) mass is 279 g/mol. The van der Waals surface area contributed by atoms with Gasteiger partial charge in [-0.25, -0.2) is 8.42 Å². The number of aromatic nitrogens is 2. The van der Waals surface area contributed by atoms with Crippen molar-refractivity contribution in [3.8, 4) is 0 Å². The van der Waals surface area contributed by atoms with Crippen LogP contribution in [0.25, 0.3) is 0 Å². The molecule has 0 unspecified atom stereocenters. The summed E-state index contributed by atoms with van der Waals surface area (Å²) in [5, 5.41) is 4.06. The molecule has 2 rings (SSSR count). The van der Waals surface area contributed by atoms with E-state index < -0.39 is 10.0 Å². The number of anilines is 1. The molecule has 0 amide bonds. The molecule has 0 atom stereocenters. The maximum absolute atomic E-state index is 12.3. The fraction of sp³-hybridized carbons (Fsp3) is 0.308. The Morgan fingerprint density at radius 1 is 1.32 bits per heavy atom. The average Bonchev–Trinajstić information content (AvgIpc) is 2.70. The van der Waals surface area contributed by atoms with Gasteiger partial charge in [0, 0.05) is 12.2 Å². The van der Waals surface area contributed by atoms with Crippen LogP contribution in [0.3, 0.4) is 0 Å². The summed E-state index contributed by atoms with van der Waals surface area (Å²) >= 11 is 0. The van der Waals surface area contributed by atoms with Gasteiger partial charge in [-0.3, -0.25) is 9.40 Å². The van der Waals surface area contributed by atoms with Gasteiger partial charge in [-0.2, -0.15) is 5.10 Å². The molecule has 0 aliphatic heterocycles. The second-order valence-electron chi connectivity index (χ2n) is 4.38. The van der Waals surface area contributed by atoms with E-state index in [2.05, 4.69) is 9.82 Å². The van der Waals surface area contributed by atoms with Crippen molar-refractivity contribution in [3.05, 3.63) is 41.7 Å². The number of rotatable bonds is 4. The molecule has 1 heterocycles. The van der Waals surface area contributed by atoms with Crippen LogP contribution in [-0.2, 0) is 16.6 Å². The van der Waals surface area contributed by atoms with Gasteiger partial charge in [0.1, 0.15) is 4.90 Å². The zero-order chi connectivity index (χ0) is 14.0. The van der Waals surface area contributed by atoms with Gasteiger partial charge in [0.2, 0.25) is 0 Å². The van der Waals surface area contributed by atoms with Crippen LogP contribution in [0.1, 0.15) is 18.2 Å². The SMILES string of the molecule is CCn1ncc(S(=O)(=O)Nc2cccc(C)c2)c1C. The van der Waals surface area contributed by atoms with E-state index in [0.717, 1.165) is 5.56 Å². The molecular weight excluding hydrogens is 262 g/mol. The molecular formula is C13H17N3O2S. The predicted molar refractivity (Wildman–Crippen MR) is 74.6 cm³/mol. The number of aryl methyl sites for hydroxylation is 2. The number of nitrogens with zero attached hydrogens (tertiary/aromatic N) is 2. The normalized spacial score (nSPS) is 11.5. The molecule has 0 aliphatic carbocycles. The van der Waals surface area contributed by atoms with Crippen molar-refractivity contribution in [2.75, 3.05) is 4.72 Å². The number of hydrogen-bond donors (Lipinski definition) is 1. The lowest BCUT2D eigenvalue weighted by atomic mass is 10.2. The number of benzene rings is 1. The van der Waals surface area contributed by atoms with Gasteiger partial charge in [-0.15, -0.1) is 0 Å². The lowest BCUT2D eigenvalue weighted by Crippen LogP contribution is -2.14. The summed E-state index contributed by atoms with van der Waals surface area (Å²) < 4.78 is 28.8. The van der Waals surface area contributed by atoms with Gasteiger partial charge in [0.25, 0.3) is 10.0 Å². The van der Waals surface area contributed by atoms with Crippen LogP contribution >= 0.6 is 0 Å². The molecule has 0 fully saturated rings. The van der Waals surface area contributed by atoms with Crippen molar-refractivity contribution in [2.24, 2.45) is 0 Å². The smallest absolute Gasteiger partial charge is 0.265 e. The molecule has 0 bridgehead atoms. The third kappa shape index (κ3) is 2.78. The average molecular weight is 279 g/mol. The first kappa shape index (κ1) is 13.6. The fourth-order valence-electron chi connectivity index (χ4n) is 1.93. The Hall–Kier alpha value is -1.82. The minimum atomic E-state index is -3.58. The van der Waals surface area contributed by atoms with Crippen LogP contribution in [0, 0.1) is 13.8 Å². The summed E-state index contributed by atoms with van der Waals surface area (Å²) in [4.78, 5) is 0.218. The van der Waals surface area contributed by atoms with Gasteiger partial charge < -0.3 is 0 Å². The van der Waals surface area contributed by atoms with Gasteiger partial charge >= 0.3 is 0 Å². The number of sulfonamides is 1. The first-order valence-electron chi connectivity index (χ1n) is 6.06. The van der Waals surface area contributed by atoms with Crippen LogP contribution in [0.5, 0.6) is 0 Å². The highest BCUT2D eigenvalue weighted by Gasteiger charge is 2.20. The van der Waals surface area contributed by atoms with Crippen LogP contribution in [0.15, 0.2) is 35.4 Å². The third-order valence-corrected chi connectivity index (χ3v) is 4.40. The Kier molecular flexibility index (Phi) is 3.61. The second-order valence-corrected chi connectivity index (χ2v) is 6.04. The van der Waals surface area contributed by atoms with E-state index >= 15 is 0 Å². The molecule has 0 saturated heterocycles. The lowest BCUT2D eigenvalue weighted by Gasteiger charge is -2.08. The topological polar surface area (TPSA) is 64.0 Å². The van der Waals surface area contributed by atoms with Gasteiger partial charge in [0.15, 0.2) is 0 Å². The van der Waals surface area contributed by atoms with Gasteiger partial charge in [-0.05, 0) is 38.5 Å². The molecule has 1 aromatic heterocycles. The van der Waals surface area contributed by atoms with E-state index in [1.807, 2.05) is 26.0 Å². The zero-order valence-corrected chi connectivity index (χ0v) is 12.0. The number of nitrogens with one attached hydrogen (secondary N) is 1. The summed E-state index contributed by atoms with van der Waals surface area (Å²) in [6.07, 6.45) is 1.39. The van der Waals surface area contributed by atoms with Gasteiger partial charge in [0.05, 0.1) is 11.9 Å². The summed E-state index contributed by atoms with van der Waals surface area (Å²) in [5.74, 6) is 0. The van der Waals surface area contributed by atoms with E-state index in [4.69, 9.17) is 0 Å². The van der Waals surface area contributed by atoms with Crippen molar-refractivity contribution >= 4 is 15.7 Å². The second kappa shape index (κ2) is 5.05. The van der Waals surface area contributed by atoms with Crippen LogP contribution in [0.2, 0.25) is 0 Å². The zero-order valence-electron chi connectivity index (χ0n) is 11.2. The molecule has 1 aromatic carbocycles. The number of hydrogen-bond acceptors (Lipinski definition) is 3. The highest BCUT2D eigenvalue weighted by Crippen LogP contribution is 2.19.